The molecule has 4 nitrogen and oxygen atoms in total. The van der Waals surface area contributed by atoms with Gasteiger partial charge in [0.25, 0.3) is 0 Å². The van der Waals surface area contributed by atoms with Crippen LogP contribution in [-0.4, -0.2) is 19.8 Å². The molecule has 0 bridgehead atoms. The molecule has 0 unspecified atom stereocenters. The minimum absolute atomic E-state index is 0.838. The fourth-order valence-electron chi connectivity index (χ4n) is 1.02. The number of hydrogen-bond acceptors (Lipinski definition) is 3. The van der Waals surface area contributed by atoms with Crippen molar-refractivity contribution >= 4 is 5.65 Å². The van der Waals surface area contributed by atoms with Crippen molar-refractivity contribution in [1.29, 1.82) is 0 Å². The molecule has 2 rings (SSSR count). The van der Waals surface area contributed by atoms with Gasteiger partial charge in [-0.25, -0.2) is 4.52 Å². The summed E-state index contributed by atoms with van der Waals surface area (Å²) in [5.74, 6) is 0. The summed E-state index contributed by atoms with van der Waals surface area (Å²) in [7, 11) is 0. The van der Waals surface area contributed by atoms with Gasteiger partial charge in [-0.2, -0.15) is 10.2 Å². The molecule has 0 aliphatic carbocycles. The average Bonchev–Trinajstić information content (AvgIpc) is 2.30. The van der Waals surface area contributed by atoms with E-state index >= 15 is 0 Å². The van der Waals surface area contributed by atoms with Gasteiger partial charge in [-0.05, 0) is 13.8 Å². The molecular formula is C7H8N4. The Hall–Kier alpha value is -1.45. The molecule has 0 aliphatic rings. The van der Waals surface area contributed by atoms with Gasteiger partial charge >= 0.3 is 0 Å². The van der Waals surface area contributed by atoms with Gasteiger partial charge in [0.15, 0.2) is 5.65 Å². The highest BCUT2D eigenvalue weighted by atomic mass is 15.3. The minimum Gasteiger partial charge on any atom is -0.219 e. The predicted molar refractivity (Wildman–Crippen MR) is 40.3 cm³/mol. The monoisotopic (exact) mass is 148 g/mol. The lowest BCUT2D eigenvalue weighted by Crippen LogP contribution is -1.90. The lowest BCUT2D eigenvalue weighted by molar-refractivity contribution is 0.876. The van der Waals surface area contributed by atoms with Crippen molar-refractivity contribution in [3.63, 3.8) is 0 Å². The van der Waals surface area contributed by atoms with E-state index in [0.29, 0.717) is 0 Å². The molecule has 56 valence electrons. The third-order valence-corrected chi connectivity index (χ3v) is 1.78. The highest BCUT2D eigenvalue weighted by Crippen LogP contribution is 2.08. The van der Waals surface area contributed by atoms with Crippen LogP contribution in [0.5, 0.6) is 0 Å². The lowest BCUT2D eigenvalue weighted by Gasteiger charge is -1.87. The zero-order valence-corrected chi connectivity index (χ0v) is 6.44. The summed E-state index contributed by atoms with van der Waals surface area (Å²) in [5, 5.41) is 12.0. The Morgan fingerprint density at radius 3 is 2.91 bits per heavy atom. The smallest absolute Gasteiger partial charge is 0.180 e. The first-order valence-electron chi connectivity index (χ1n) is 3.42. The van der Waals surface area contributed by atoms with E-state index in [9.17, 15) is 0 Å². The lowest BCUT2D eigenvalue weighted by atomic mass is 10.3. The molecule has 2 heterocycles. The molecule has 0 spiro atoms. The summed E-state index contributed by atoms with van der Waals surface area (Å²) in [6, 6.07) is 0. The molecule has 0 aliphatic heterocycles. The van der Waals surface area contributed by atoms with Gasteiger partial charge in [-0.3, -0.25) is 0 Å². The Balaban J connectivity index is 2.92. The van der Waals surface area contributed by atoms with Crippen LogP contribution in [0.3, 0.4) is 0 Å². The number of nitrogens with zero attached hydrogens (tertiary/aromatic N) is 4. The maximum atomic E-state index is 4.23. The average molecular weight is 148 g/mol. The quantitative estimate of drug-likeness (QED) is 0.553. The molecule has 0 aromatic carbocycles. The maximum absolute atomic E-state index is 4.23. The zero-order valence-electron chi connectivity index (χ0n) is 6.44. The van der Waals surface area contributed by atoms with Crippen LogP contribution in [0.2, 0.25) is 0 Å². The van der Waals surface area contributed by atoms with E-state index in [0.717, 1.165) is 16.9 Å². The Morgan fingerprint density at radius 1 is 1.36 bits per heavy atom. The molecule has 11 heavy (non-hydrogen) atoms. The fraction of sp³-hybridized carbons (Fsp3) is 0.286. The molecule has 0 fully saturated rings. The van der Waals surface area contributed by atoms with E-state index < -0.39 is 0 Å². The van der Waals surface area contributed by atoms with Crippen molar-refractivity contribution < 1.29 is 0 Å². The fourth-order valence-corrected chi connectivity index (χ4v) is 1.02. The van der Waals surface area contributed by atoms with Crippen LogP contribution in [0.25, 0.3) is 5.65 Å². The number of aryl methyl sites for hydroxylation is 2. The van der Waals surface area contributed by atoms with Crippen molar-refractivity contribution in [1.82, 2.24) is 19.8 Å². The standard InChI is InChI=1S/C7H8N4/c1-5-6(2)10-11-4-3-8-9-7(5)11/h3-4H,1-2H3. The summed E-state index contributed by atoms with van der Waals surface area (Å²) in [4.78, 5) is 0. The van der Waals surface area contributed by atoms with Crippen LogP contribution in [-0.2, 0) is 0 Å². The summed E-state index contributed by atoms with van der Waals surface area (Å²) < 4.78 is 1.73. The maximum Gasteiger partial charge on any atom is 0.180 e. The molecule has 0 atom stereocenters. The van der Waals surface area contributed by atoms with E-state index in [1.54, 1.807) is 16.9 Å². The topological polar surface area (TPSA) is 43.1 Å². The molecule has 0 radical (unpaired) electrons. The predicted octanol–water partition coefficient (Wildman–Crippen LogP) is 0.741. The van der Waals surface area contributed by atoms with Gasteiger partial charge in [-0.1, -0.05) is 0 Å². The third kappa shape index (κ3) is 0.790. The molecule has 4 heteroatoms. The normalized spacial score (nSPS) is 10.7. The SMILES string of the molecule is Cc1nn2ccnnc2c1C. The van der Waals surface area contributed by atoms with E-state index in [2.05, 4.69) is 15.3 Å². The van der Waals surface area contributed by atoms with E-state index in [1.807, 2.05) is 13.8 Å². The molecule has 0 N–H and O–H groups in total. The second kappa shape index (κ2) is 2.02. The first-order valence-corrected chi connectivity index (χ1v) is 3.42. The Kier molecular flexibility index (Phi) is 1.15. The van der Waals surface area contributed by atoms with Crippen LogP contribution in [0, 0.1) is 13.8 Å². The van der Waals surface area contributed by atoms with Crippen LogP contribution in [0.15, 0.2) is 12.4 Å². The largest absolute Gasteiger partial charge is 0.219 e. The Morgan fingerprint density at radius 2 is 2.18 bits per heavy atom. The Bertz CT molecular complexity index is 390. The van der Waals surface area contributed by atoms with E-state index in [1.165, 1.54) is 0 Å². The molecule has 0 amide bonds. The van der Waals surface area contributed by atoms with Gasteiger partial charge in [0.1, 0.15) is 0 Å². The van der Waals surface area contributed by atoms with Crippen LogP contribution in [0.1, 0.15) is 11.3 Å². The van der Waals surface area contributed by atoms with Crippen molar-refractivity contribution in [2.45, 2.75) is 13.8 Å². The van der Waals surface area contributed by atoms with Crippen molar-refractivity contribution in [2.24, 2.45) is 0 Å². The van der Waals surface area contributed by atoms with Crippen molar-refractivity contribution in [3.8, 4) is 0 Å². The minimum atomic E-state index is 0.838. The van der Waals surface area contributed by atoms with Crippen molar-refractivity contribution in [3.05, 3.63) is 23.7 Å². The van der Waals surface area contributed by atoms with E-state index in [4.69, 9.17) is 0 Å². The summed E-state index contributed by atoms with van der Waals surface area (Å²) in [5.41, 5.74) is 2.94. The van der Waals surface area contributed by atoms with Crippen molar-refractivity contribution in [2.75, 3.05) is 0 Å². The highest BCUT2D eigenvalue weighted by Gasteiger charge is 2.03. The first-order chi connectivity index (χ1) is 5.29. The van der Waals surface area contributed by atoms with Gasteiger partial charge in [-0.15, -0.1) is 5.10 Å². The van der Waals surface area contributed by atoms with Crippen LogP contribution >= 0.6 is 0 Å². The van der Waals surface area contributed by atoms with Crippen LogP contribution in [0.4, 0.5) is 0 Å². The molecule has 2 aromatic heterocycles. The van der Waals surface area contributed by atoms with Crippen LogP contribution < -0.4 is 0 Å². The zero-order chi connectivity index (χ0) is 7.84. The summed E-state index contributed by atoms with van der Waals surface area (Å²) in [6.07, 6.45) is 3.42. The number of aromatic nitrogens is 4. The van der Waals surface area contributed by atoms with Gasteiger partial charge < -0.3 is 0 Å². The number of rotatable bonds is 0. The van der Waals surface area contributed by atoms with Gasteiger partial charge in [0.05, 0.1) is 18.1 Å². The van der Waals surface area contributed by atoms with E-state index in [-0.39, 0.29) is 0 Å². The second-order valence-corrected chi connectivity index (χ2v) is 2.49. The number of fused-ring (bicyclic) bond motifs is 1. The number of hydrogen-bond donors (Lipinski definition) is 0. The molecule has 0 saturated heterocycles. The third-order valence-electron chi connectivity index (χ3n) is 1.78. The second-order valence-electron chi connectivity index (χ2n) is 2.49. The van der Waals surface area contributed by atoms with Gasteiger partial charge in [0, 0.05) is 5.56 Å². The molecular weight excluding hydrogens is 140 g/mol. The summed E-state index contributed by atoms with van der Waals surface area (Å²) in [6.45, 7) is 3.95. The summed E-state index contributed by atoms with van der Waals surface area (Å²) >= 11 is 0. The highest BCUT2D eigenvalue weighted by molar-refractivity contribution is 5.47. The molecule has 2 aromatic rings. The van der Waals surface area contributed by atoms with Gasteiger partial charge in [0.2, 0.25) is 0 Å². The Labute approximate surface area is 63.9 Å². The molecule has 0 saturated carbocycles. The first kappa shape index (κ1) is 6.27.